The van der Waals surface area contributed by atoms with E-state index < -0.39 is 6.61 Å². The van der Waals surface area contributed by atoms with E-state index in [0.717, 1.165) is 16.8 Å². The minimum Gasteiger partial charge on any atom is -0.433 e. The molecule has 0 bridgehead atoms. The van der Waals surface area contributed by atoms with Gasteiger partial charge in [0.25, 0.3) is 0 Å². The van der Waals surface area contributed by atoms with Gasteiger partial charge < -0.3 is 15.4 Å². The van der Waals surface area contributed by atoms with Crippen molar-refractivity contribution in [3.8, 4) is 5.75 Å². The molecule has 5 nitrogen and oxygen atoms in total. The average molecular weight is 434 g/mol. The Morgan fingerprint density at radius 3 is 2.47 bits per heavy atom. The van der Waals surface area contributed by atoms with Crippen LogP contribution in [0.15, 0.2) is 42.5 Å². The summed E-state index contributed by atoms with van der Waals surface area (Å²) in [7, 11) is 0. The molecule has 2 N–H and O–H groups in total. The van der Waals surface area contributed by atoms with E-state index in [9.17, 15) is 13.2 Å². The molecule has 0 radical (unpaired) electrons. The fourth-order valence-corrected chi connectivity index (χ4v) is 3.20. The van der Waals surface area contributed by atoms with E-state index in [1.54, 1.807) is 35.9 Å². The van der Waals surface area contributed by atoms with Gasteiger partial charge >= 0.3 is 6.61 Å². The number of thiocarbonyl (C=S) groups is 1. The summed E-state index contributed by atoms with van der Waals surface area (Å²) in [5.74, 6) is -0.285. The molecule has 9 heteroatoms. The van der Waals surface area contributed by atoms with Crippen LogP contribution in [0, 0.1) is 26.6 Å². The van der Waals surface area contributed by atoms with E-state index in [0.29, 0.717) is 23.6 Å². The Balaban J connectivity index is 1.74. The summed E-state index contributed by atoms with van der Waals surface area (Å²) in [6, 6.07) is 11.1. The molecule has 1 aromatic heterocycles. The smallest absolute Gasteiger partial charge is 0.387 e. The van der Waals surface area contributed by atoms with Crippen LogP contribution in [0.1, 0.15) is 22.5 Å². The second-order valence-corrected chi connectivity index (χ2v) is 7.20. The van der Waals surface area contributed by atoms with Gasteiger partial charge in [-0.25, -0.2) is 4.39 Å². The molecule has 0 spiro atoms. The molecule has 30 heavy (non-hydrogen) atoms. The highest BCUT2D eigenvalue weighted by Crippen LogP contribution is 2.28. The second-order valence-electron chi connectivity index (χ2n) is 6.79. The number of rotatable bonds is 6. The Morgan fingerprint density at radius 1 is 1.10 bits per heavy atom. The summed E-state index contributed by atoms with van der Waals surface area (Å²) in [5.41, 5.74) is 4.26. The molecular weight excluding hydrogens is 413 g/mol. The number of aryl methyl sites for hydroxylation is 2. The van der Waals surface area contributed by atoms with Crippen LogP contribution in [-0.4, -0.2) is 21.5 Å². The van der Waals surface area contributed by atoms with Crippen molar-refractivity contribution in [3.63, 3.8) is 0 Å². The van der Waals surface area contributed by atoms with Crippen LogP contribution in [-0.2, 0) is 6.54 Å². The first-order valence-corrected chi connectivity index (χ1v) is 9.55. The molecule has 0 saturated carbocycles. The van der Waals surface area contributed by atoms with Gasteiger partial charge in [-0.15, -0.1) is 0 Å². The zero-order valence-corrected chi connectivity index (χ0v) is 17.5. The lowest BCUT2D eigenvalue weighted by Crippen LogP contribution is -2.21. The molecule has 0 fully saturated rings. The molecule has 0 saturated heterocycles. The van der Waals surface area contributed by atoms with Crippen LogP contribution in [0.3, 0.4) is 0 Å². The Bertz CT molecular complexity index is 1050. The van der Waals surface area contributed by atoms with Crippen LogP contribution in [0.25, 0.3) is 0 Å². The van der Waals surface area contributed by atoms with Gasteiger partial charge in [-0.05, 0) is 68.4 Å². The van der Waals surface area contributed by atoms with Gasteiger partial charge in [0.2, 0.25) is 0 Å². The lowest BCUT2D eigenvalue weighted by Gasteiger charge is -2.15. The Kier molecular flexibility index (Phi) is 6.61. The van der Waals surface area contributed by atoms with Crippen LogP contribution < -0.4 is 15.4 Å². The van der Waals surface area contributed by atoms with Gasteiger partial charge in [0, 0.05) is 0 Å². The molecule has 0 aliphatic carbocycles. The van der Waals surface area contributed by atoms with Gasteiger partial charge in [0.05, 0.1) is 29.3 Å². The minimum atomic E-state index is -2.94. The zero-order chi connectivity index (χ0) is 21.8. The van der Waals surface area contributed by atoms with Crippen LogP contribution in [0.5, 0.6) is 5.75 Å². The Hall–Kier alpha value is -3.07. The molecule has 3 aromatic rings. The topological polar surface area (TPSA) is 51.1 Å². The summed E-state index contributed by atoms with van der Waals surface area (Å²) in [6.07, 6.45) is 0. The molecule has 0 atom stereocenters. The highest BCUT2D eigenvalue weighted by atomic mass is 32.1. The number of aromatic nitrogens is 2. The lowest BCUT2D eigenvalue weighted by atomic mass is 10.2. The van der Waals surface area contributed by atoms with Gasteiger partial charge in [-0.2, -0.15) is 13.9 Å². The number of alkyl halides is 2. The number of ether oxygens (including phenoxy) is 1. The Labute approximate surface area is 177 Å². The van der Waals surface area contributed by atoms with Crippen LogP contribution >= 0.6 is 12.2 Å². The highest BCUT2D eigenvalue weighted by Gasteiger charge is 2.15. The largest absolute Gasteiger partial charge is 0.433 e. The fourth-order valence-electron chi connectivity index (χ4n) is 2.99. The second kappa shape index (κ2) is 9.17. The van der Waals surface area contributed by atoms with Crippen LogP contribution in [0.2, 0.25) is 0 Å². The molecule has 0 aliphatic rings. The third kappa shape index (κ3) is 5.29. The normalized spacial score (nSPS) is 10.9. The summed E-state index contributed by atoms with van der Waals surface area (Å²) < 4.78 is 44.9. The number of nitrogens with zero attached hydrogens (tertiary/aromatic N) is 2. The number of halogens is 3. The lowest BCUT2D eigenvalue weighted by molar-refractivity contribution is -0.0493. The predicted octanol–water partition coefficient (Wildman–Crippen LogP) is 5.41. The summed E-state index contributed by atoms with van der Waals surface area (Å²) in [5, 5.41) is 10.7. The van der Waals surface area contributed by atoms with Gasteiger partial charge in [0.15, 0.2) is 5.11 Å². The molecule has 3 rings (SSSR count). The third-order valence-electron chi connectivity index (χ3n) is 4.47. The molecule has 0 unspecified atom stereocenters. The molecule has 0 amide bonds. The molecule has 158 valence electrons. The predicted molar refractivity (Wildman–Crippen MR) is 115 cm³/mol. The van der Waals surface area contributed by atoms with Crippen molar-refractivity contribution in [1.29, 1.82) is 0 Å². The maximum Gasteiger partial charge on any atom is 0.387 e. The van der Waals surface area contributed by atoms with Gasteiger partial charge in [-0.3, -0.25) is 4.68 Å². The molecule has 0 aliphatic heterocycles. The summed E-state index contributed by atoms with van der Waals surface area (Å²) in [4.78, 5) is 0. The first-order chi connectivity index (χ1) is 14.2. The number of anilines is 2. The SMILES string of the molecule is Cc1ccc(NC(=S)Nc2c(C)nn(Cc3ccc(F)cc3)c2C)c(OC(F)F)c1. The van der Waals surface area contributed by atoms with Crippen molar-refractivity contribution in [2.45, 2.75) is 33.9 Å². The van der Waals surface area contributed by atoms with E-state index in [2.05, 4.69) is 20.5 Å². The number of hydrogen-bond donors (Lipinski definition) is 2. The minimum absolute atomic E-state index is 0.00889. The van der Waals surface area contributed by atoms with E-state index in [-0.39, 0.29) is 16.7 Å². The maximum absolute atomic E-state index is 13.1. The first-order valence-electron chi connectivity index (χ1n) is 9.15. The molecule has 1 heterocycles. The molecular formula is C21H21F3N4OS. The van der Waals surface area contributed by atoms with Crippen molar-refractivity contribution in [2.75, 3.05) is 10.6 Å². The first kappa shape index (κ1) is 21.6. The average Bonchev–Trinajstić information content (AvgIpc) is 2.93. The van der Waals surface area contributed by atoms with E-state index in [1.165, 1.54) is 18.2 Å². The summed E-state index contributed by atoms with van der Waals surface area (Å²) >= 11 is 5.35. The van der Waals surface area contributed by atoms with Crippen molar-refractivity contribution >= 4 is 28.7 Å². The van der Waals surface area contributed by atoms with Crippen molar-refractivity contribution in [2.24, 2.45) is 0 Å². The number of hydrogen-bond acceptors (Lipinski definition) is 3. The van der Waals surface area contributed by atoms with Crippen molar-refractivity contribution in [3.05, 3.63) is 70.8 Å². The van der Waals surface area contributed by atoms with Crippen molar-refractivity contribution < 1.29 is 17.9 Å². The van der Waals surface area contributed by atoms with Crippen molar-refractivity contribution in [1.82, 2.24) is 9.78 Å². The van der Waals surface area contributed by atoms with E-state index in [4.69, 9.17) is 12.2 Å². The highest BCUT2D eigenvalue weighted by molar-refractivity contribution is 7.80. The van der Waals surface area contributed by atoms with E-state index >= 15 is 0 Å². The Morgan fingerprint density at radius 2 is 1.80 bits per heavy atom. The van der Waals surface area contributed by atoms with Crippen LogP contribution in [0.4, 0.5) is 24.5 Å². The maximum atomic E-state index is 13.1. The zero-order valence-electron chi connectivity index (χ0n) is 16.7. The quantitative estimate of drug-likeness (QED) is 0.509. The standard InChI is InChI=1S/C21H21F3N4OS/c1-12-4-9-17(18(10-12)29-20(23)24)25-21(30)26-19-13(2)27-28(14(19)3)11-15-5-7-16(22)8-6-15/h4-10,20H,11H2,1-3H3,(H2,25,26,30). The van der Waals surface area contributed by atoms with Gasteiger partial charge in [-0.1, -0.05) is 18.2 Å². The number of benzene rings is 2. The van der Waals surface area contributed by atoms with E-state index in [1.807, 2.05) is 13.8 Å². The monoisotopic (exact) mass is 434 g/mol. The summed E-state index contributed by atoms with van der Waals surface area (Å²) in [6.45, 7) is 3.02. The molecule has 2 aromatic carbocycles. The van der Waals surface area contributed by atoms with Gasteiger partial charge in [0.1, 0.15) is 11.6 Å². The fraction of sp³-hybridized carbons (Fsp3) is 0.238. The number of nitrogens with one attached hydrogen (secondary N) is 2. The third-order valence-corrected chi connectivity index (χ3v) is 4.67.